The summed E-state index contributed by atoms with van der Waals surface area (Å²) in [5.41, 5.74) is 0.985. The number of benzene rings is 1. The van der Waals surface area contributed by atoms with Crippen LogP contribution in [0.4, 0.5) is 0 Å². The molecule has 0 fully saturated rings. The van der Waals surface area contributed by atoms with Crippen LogP contribution in [0.5, 0.6) is 5.75 Å². The van der Waals surface area contributed by atoms with E-state index in [0.29, 0.717) is 19.4 Å². The Hall–Kier alpha value is -1.24. The minimum Gasteiger partial charge on any atom is -0.493 e. The molecule has 1 rings (SSSR count). The molecule has 0 bridgehead atoms. The Labute approximate surface area is 270 Å². The lowest BCUT2D eigenvalue weighted by atomic mass is 9.95. The van der Waals surface area contributed by atoms with Gasteiger partial charge in [-0.2, -0.15) is 0 Å². The van der Waals surface area contributed by atoms with Gasteiger partial charge in [-0.15, -0.1) is 0 Å². The average molecular weight is 641 g/mol. The van der Waals surface area contributed by atoms with Gasteiger partial charge in [-0.1, -0.05) is 121 Å². The van der Waals surface area contributed by atoms with Crippen LogP contribution in [0.3, 0.4) is 0 Å². The van der Waals surface area contributed by atoms with Gasteiger partial charge in [0.1, 0.15) is 11.5 Å². The number of carbonyl (C=O) groups excluding carboxylic acids is 1. The van der Waals surface area contributed by atoms with Gasteiger partial charge in [0.05, 0.1) is 40.5 Å². The summed E-state index contributed by atoms with van der Waals surface area (Å²) in [6.45, 7) is 5.60. The molecule has 0 spiro atoms. The molecule has 256 valence electrons. The van der Waals surface area contributed by atoms with Crippen molar-refractivity contribution in [1.29, 1.82) is 0 Å². The number of phosphoric acid groups is 1. The van der Waals surface area contributed by atoms with E-state index in [4.69, 9.17) is 13.8 Å². The van der Waals surface area contributed by atoms with Crippen LogP contribution in [-0.4, -0.2) is 51.1 Å². The molecule has 2 unspecified atom stereocenters. The number of rotatable bonds is 31. The van der Waals surface area contributed by atoms with E-state index in [1.54, 1.807) is 0 Å². The molecule has 8 heteroatoms. The molecule has 1 aromatic rings. The number of phosphoric ester groups is 1. The van der Waals surface area contributed by atoms with Gasteiger partial charge in [-0.25, -0.2) is 4.57 Å². The van der Waals surface area contributed by atoms with Crippen molar-refractivity contribution in [2.75, 3.05) is 40.5 Å². The molecule has 0 aromatic heterocycles. The molecule has 0 amide bonds. The highest BCUT2D eigenvalue weighted by Gasteiger charge is 2.24. The average Bonchev–Trinajstić information content (AvgIpc) is 2.97. The number of hydrogen-bond acceptors (Lipinski definition) is 5. The van der Waals surface area contributed by atoms with Crippen LogP contribution in [0.15, 0.2) is 24.3 Å². The number of quaternary nitrogens is 1. The lowest BCUT2D eigenvalue weighted by Crippen LogP contribution is -3.05. The van der Waals surface area contributed by atoms with Crippen LogP contribution in [0.25, 0.3) is 0 Å². The van der Waals surface area contributed by atoms with Gasteiger partial charge in [0.25, 0.3) is 0 Å². The van der Waals surface area contributed by atoms with Crippen molar-refractivity contribution in [3.05, 3.63) is 29.8 Å². The number of Topliss-reactive ketones (excluding diaryl/α,β-unsaturated/α-hetero) is 1. The SMILES string of the molecule is CCCCCCCCCCCCCCCCCCOc1ccccc1CC(COP(=O)(O)OCCCC[NH+](C)C)CC(C)=O. The molecule has 0 heterocycles. The number of para-hydroxylation sites is 1. The predicted molar refractivity (Wildman–Crippen MR) is 183 cm³/mol. The fourth-order valence-corrected chi connectivity index (χ4v) is 6.38. The van der Waals surface area contributed by atoms with E-state index >= 15 is 0 Å². The highest BCUT2D eigenvalue weighted by Crippen LogP contribution is 2.44. The minimum absolute atomic E-state index is 0.0186. The first-order chi connectivity index (χ1) is 21.2. The Morgan fingerprint density at radius 2 is 1.30 bits per heavy atom. The Morgan fingerprint density at radius 1 is 0.773 bits per heavy atom. The molecule has 0 saturated heterocycles. The standard InChI is InChI=1S/C36H66NO6P/c1-5-6-7-8-9-10-11-12-13-14-15-16-17-18-19-23-28-41-36-26-21-20-25-35(36)31-34(30-33(2)38)32-43-44(39,40)42-29-24-22-27-37(3)4/h20-21,25-26,34H,5-19,22-24,27-32H2,1-4H3,(H,39,40)/p+1. The van der Waals surface area contributed by atoms with E-state index in [1.165, 1.54) is 108 Å². The minimum atomic E-state index is -4.17. The first-order valence-electron chi connectivity index (χ1n) is 17.8. The highest BCUT2D eigenvalue weighted by atomic mass is 31.2. The molecule has 7 nitrogen and oxygen atoms in total. The van der Waals surface area contributed by atoms with Crippen molar-refractivity contribution in [2.45, 2.75) is 142 Å². The number of ether oxygens (including phenoxy) is 1. The summed E-state index contributed by atoms with van der Waals surface area (Å²) in [4.78, 5) is 23.4. The van der Waals surface area contributed by atoms with E-state index in [1.807, 2.05) is 24.3 Å². The van der Waals surface area contributed by atoms with Gasteiger partial charge in [-0.05, 0) is 50.2 Å². The monoisotopic (exact) mass is 640 g/mol. The van der Waals surface area contributed by atoms with Crippen LogP contribution >= 0.6 is 7.82 Å². The summed E-state index contributed by atoms with van der Waals surface area (Å²) in [7, 11) is -0.0276. The van der Waals surface area contributed by atoms with E-state index < -0.39 is 7.82 Å². The molecule has 0 aliphatic heterocycles. The highest BCUT2D eigenvalue weighted by molar-refractivity contribution is 7.47. The third-order valence-electron chi connectivity index (χ3n) is 8.11. The summed E-state index contributed by atoms with van der Waals surface area (Å²) in [6.07, 6.45) is 23.9. The molecule has 0 aliphatic carbocycles. The zero-order chi connectivity index (χ0) is 32.3. The summed E-state index contributed by atoms with van der Waals surface area (Å²) in [6, 6.07) is 7.87. The van der Waals surface area contributed by atoms with Crippen molar-refractivity contribution in [1.82, 2.24) is 0 Å². The largest absolute Gasteiger partial charge is 0.493 e. The van der Waals surface area contributed by atoms with Gasteiger partial charge in [0, 0.05) is 6.42 Å². The smallest absolute Gasteiger partial charge is 0.472 e. The fourth-order valence-electron chi connectivity index (χ4n) is 5.55. The zero-order valence-corrected chi connectivity index (χ0v) is 29.7. The van der Waals surface area contributed by atoms with Crippen LogP contribution < -0.4 is 9.64 Å². The second-order valence-electron chi connectivity index (χ2n) is 13.0. The van der Waals surface area contributed by atoms with Crippen molar-refractivity contribution >= 4 is 13.6 Å². The molecular weight excluding hydrogens is 573 g/mol. The summed E-state index contributed by atoms with van der Waals surface area (Å²) in [5, 5.41) is 0. The van der Waals surface area contributed by atoms with Gasteiger partial charge >= 0.3 is 7.82 Å². The van der Waals surface area contributed by atoms with Gasteiger partial charge < -0.3 is 19.3 Å². The summed E-state index contributed by atoms with van der Waals surface area (Å²) >= 11 is 0. The summed E-state index contributed by atoms with van der Waals surface area (Å²) in [5.74, 6) is 0.590. The Kier molecular flexibility index (Phi) is 25.0. The third-order valence-corrected chi connectivity index (χ3v) is 9.10. The topological polar surface area (TPSA) is 86.5 Å². The van der Waals surface area contributed by atoms with Crippen LogP contribution in [-0.2, 0) is 24.8 Å². The van der Waals surface area contributed by atoms with Crippen LogP contribution in [0.1, 0.15) is 141 Å². The number of unbranched alkanes of at least 4 members (excludes halogenated alkanes) is 16. The van der Waals surface area contributed by atoms with E-state index in [0.717, 1.165) is 30.7 Å². The van der Waals surface area contributed by atoms with Crippen LogP contribution in [0.2, 0.25) is 0 Å². The number of hydrogen-bond donors (Lipinski definition) is 2. The van der Waals surface area contributed by atoms with Crippen LogP contribution in [0, 0.1) is 5.92 Å². The third kappa shape index (κ3) is 24.1. The van der Waals surface area contributed by atoms with E-state index in [-0.39, 0.29) is 31.3 Å². The quantitative estimate of drug-likeness (QED) is 0.0625. The second-order valence-corrected chi connectivity index (χ2v) is 14.5. The van der Waals surface area contributed by atoms with Crippen molar-refractivity contribution < 1.29 is 32.9 Å². The molecule has 0 radical (unpaired) electrons. The Balaban J connectivity index is 2.26. The molecule has 44 heavy (non-hydrogen) atoms. The number of carbonyl (C=O) groups is 1. The summed E-state index contributed by atoms with van der Waals surface area (Å²) < 4.78 is 29.0. The van der Waals surface area contributed by atoms with Gasteiger partial charge in [0.2, 0.25) is 0 Å². The van der Waals surface area contributed by atoms with Gasteiger partial charge in [0.15, 0.2) is 0 Å². The molecule has 1 aromatic carbocycles. The Bertz CT molecular complexity index is 880. The maximum Gasteiger partial charge on any atom is 0.472 e. The van der Waals surface area contributed by atoms with Gasteiger partial charge in [-0.3, -0.25) is 9.05 Å². The lowest BCUT2D eigenvalue weighted by molar-refractivity contribution is -0.858. The van der Waals surface area contributed by atoms with Crippen molar-refractivity contribution in [2.24, 2.45) is 5.92 Å². The normalized spacial score (nSPS) is 13.7. The molecule has 0 saturated carbocycles. The first-order valence-corrected chi connectivity index (χ1v) is 19.3. The maximum absolute atomic E-state index is 12.4. The number of nitrogens with one attached hydrogen (secondary N) is 1. The van der Waals surface area contributed by atoms with Crippen molar-refractivity contribution in [3.63, 3.8) is 0 Å². The van der Waals surface area contributed by atoms with E-state index in [9.17, 15) is 14.3 Å². The fraction of sp³-hybridized carbons (Fsp3) is 0.806. The lowest BCUT2D eigenvalue weighted by Gasteiger charge is -2.20. The number of ketones is 1. The first kappa shape index (κ1) is 40.8. The Morgan fingerprint density at radius 3 is 1.84 bits per heavy atom. The molecule has 2 atom stereocenters. The van der Waals surface area contributed by atoms with Crippen molar-refractivity contribution in [3.8, 4) is 5.75 Å². The second kappa shape index (κ2) is 26.9. The molecule has 0 aliphatic rings. The maximum atomic E-state index is 12.4. The predicted octanol–water partition coefficient (Wildman–Crippen LogP) is 8.52. The molecular formula is C36H67NO6P+. The molecule has 2 N–H and O–H groups in total. The van der Waals surface area contributed by atoms with E-state index in [2.05, 4.69) is 21.0 Å². The zero-order valence-electron chi connectivity index (χ0n) is 28.8.